The number of aromatic hydroxyl groups is 2. The maximum absolute atomic E-state index is 9.81. The molecule has 0 saturated heterocycles. The molecule has 64 valence electrons. The molecule has 0 radical (unpaired) electrons. The summed E-state index contributed by atoms with van der Waals surface area (Å²) in [5, 5.41) is 18.1. The number of ether oxygens (including phenoxy) is 1. The van der Waals surface area contributed by atoms with Crippen molar-refractivity contribution in [2.24, 2.45) is 0 Å². The molecule has 1 rings (SSSR count). The van der Waals surface area contributed by atoms with Gasteiger partial charge < -0.3 is 14.9 Å². The molecule has 0 aliphatic rings. The predicted molar refractivity (Wildman–Crippen MR) is 40.6 cm³/mol. The van der Waals surface area contributed by atoms with Crippen LogP contribution in [-0.4, -0.2) is 16.7 Å². The second kappa shape index (κ2) is 3.61. The zero-order valence-electron chi connectivity index (χ0n) is 6.23. The Bertz CT molecular complexity index is 282. The van der Waals surface area contributed by atoms with E-state index in [9.17, 15) is 4.79 Å². The molecule has 0 fully saturated rings. The smallest absolute Gasteiger partial charge is 0.293 e. The molecule has 0 aromatic heterocycles. The van der Waals surface area contributed by atoms with E-state index in [0.717, 1.165) is 0 Å². The first-order valence-electron chi connectivity index (χ1n) is 3.30. The van der Waals surface area contributed by atoms with Crippen LogP contribution in [0.15, 0.2) is 18.2 Å². The fourth-order valence-electron chi connectivity index (χ4n) is 0.811. The minimum atomic E-state index is -0.0380. The largest absolute Gasteiger partial charge is 0.508 e. The molecule has 0 aliphatic carbocycles. The van der Waals surface area contributed by atoms with Crippen LogP contribution < -0.4 is 0 Å². The summed E-state index contributed by atoms with van der Waals surface area (Å²) in [5.41, 5.74) is 0.377. The first-order chi connectivity index (χ1) is 5.74. The van der Waals surface area contributed by atoms with Crippen LogP contribution in [0.3, 0.4) is 0 Å². The van der Waals surface area contributed by atoms with Gasteiger partial charge in [0.2, 0.25) is 0 Å². The SMILES string of the molecule is O=COCc1cc(O)ccc1O. The normalized spacial score (nSPS) is 9.33. The first-order valence-corrected chi connectivity index (χ1v) is 3.30. The van der Waals surface area contributed by atoms with E-state index in [1.807, 2.05) is 0 Å². The monoisotopic (exact) mass is 168 g/mol. The topological polar surface area (TPSA) is 66.8 Å². The minimum Gasteiger partial charge on any atom is -0.508 e. The highest BCUT2D eigenvalue weighted by atomic mass is 16.5. The molecule has 0 saturated carbocycles. The van der Waals surface area contributed by atoms with Crippen molar-refractivity contribution >= 4 is 6.47 Å². The summed E-state index contributed by atoms with van der Waals surface area (Å²) < 4.78 is 4.40. The summed E-state index contributed by atoms with van der Waals surface area (Å²) in [6.07, 6.45) is 0. The van der Waals surface area contributed by atoms with Crippen LogP contribution in [-0.2, 0) is 16.1 Å². The van der Waals surface area contributed by atoms with Crippen molar-refractivity contribution in [2.75, 3.05) is 0 Å². The quantitative estimate of drug-likeness (QED) is 0.516. The Morgan fingerprint density at radius 2 is 2.17 bits per heavy atom. The minimum absolute atomic E-state index is 0.00495. The molecule has 4 heteroatoms. The number of phenols is 2. The van der Waals surface area contributed by atoms with E-state index in [4.69, 9.17) is 10.2 Å². The van der Waals surface area contributed by atoms with Crippen molar-refractivity contribution in [3.8, 4) is 11.5 Å². The lowest BCUT2D eigenvalue weighted by atomic mass is 10.2. The molecule has 0 aliphatic heterocycles. The summed E-state index contributed by atoms with van der Waals surface area (Å²) in [6, 6.07) is 4.01. The average molecular weight is 168 g/mol. The van der Waals surface area contributed by atoms with Crippen LogP contribution >= 0.6 is 0 Å². The van der Waals surface area contributed by atoms with Gasteiger partial charge in [-0.2, -0.15) is 0 Å². The Morgan fingerprint density at radius 1 is 1.42 bits per heavy atom. The van der Waals surface area contributed by atoms with Crippen LogP contribution in [0.2, 0.25) is 0 Å². The number of hydrogen-bond donors (Lipinski definition) is 2. The van der Waals surface area contributed by atoms with Gasteiger partial charge >= 0.3 is 0 Å². The molecule has 0 spiro atoms. The molecule has 12 heavy (non-hydrogen) atoms. The van der Waals surface area contributed by atoms with Gasteiger partial charge in [0.25, 0.3) is 6.47 Å². The van der Waals surface area contributed by atoms with Crippen molar-refractivity contribution in [1.29, 1.82) is 0 Å². The van der Waals surface area contributed by atoms with Crippen molar-refractivity contribution in [1.82, 2.24) is 0 Å². The van der Waals surface area contributed by atoms with E-state index >= 15 is 0 Å². The number of carbonyl (C=O) groups excluding carboxylic acids is 1. The third kappa shape index (κ3) is 1.88. The van der Waals surface area contributed by atoms with Gasteiger partial charge in [-0.05, 0) is 18.2 Å². The molecule has 0 atom stereocenters. The third-order valence-electron chi connectivity index (χ3n) is 1.37. The lowest BCUT2D eigenvalue weighted by Crippen LogP contribution is -1.90. The van der Waals surface area contributed by atoms with Crippen LogP contribution in [0.5, 0.6) is 11.5 Å². The highest BCUT2D eigenvalue weighted by molar-refractivity contribution is 5.41. The van der Waals surface area contributed by atoms with Gasteiger partial charge in [0.05, 0.1) is 0 Å². The molecule has 1 aromatic carbocycles. The summed E-state index contributed by atoms with van der Waals surface area (Å²) in [7, 11) is 0. The van der Waals surface area contributed by atoms with Crippen molar-refractivity contribution < 1.29 is 19.7 Å². The van der Waals surface area contributed by atoms with Crippen LogP contribution in [0.1, 0.15) is 5.56 Å². The number of benzene rings is 1. The number of carbonyl (C=O) groups is 1. The van der Waals surface area contributed by atoms with Gasteiger partial charge in [-0.3, -0.25) is 4.79 Å². The third-order valence-corrected chi connectivity index (χ3v) is 1.37. The van der Waals surface area contributed by atoms with Crippen LogP contribution in [0.4, 0.5) is 0 Å². The maximum Gasteiger partial charge on any atom is 0.293 e. The second-order valence-corrected chi connectivity index (χ2v) is 2.22. The van der Waals surface area contributed by atoms with E-state index in [2.05, 4.69) is 4.74 Å². The molecular formula is C8H8O4. The Labute approximate surface area is 69.0 Å². The maximum atomic E-state index is 9.81. The Morgan fingerprint density at radius 3 is 2.83 bits per heavy atom. The average Bonchev–Trinajstić information content (AvgIpc) is 2.07. The van der Waals surface area contributed by atoms with E-state index in [1.165, 1.54) is 18.2 Å². The van der Waals surface area contributed by atoms with Crippen LogP contribution in [0, 0.1) is 0 Å². The molecule has 0 heterocycles. The Hall–Kier alpha value is -1.71. The fraction of sp³-hybridized carbons (Fsp3) is 0.125. The van der Waals surface area contributed by atoms with Gasteiger partial charge in [0.1, 0.15) is 18.1 Å². The summed E-state index contributed by atoms with van der Waals surface area (Å²) in [4.78, 5) is 9.81. The molecular weight excluding hydrogens is 160 g/mol. The van der Waals surface area contributed by atoms with Gasteiger partial charge in [0, 0.05) is 5.56 Å². The first kappa shape index (κ1) is 8.39. The summed E-state index contributed by atoms with van der Waals surface area (Å²) in [5.74, 6) is 0.0203. The van der Waals surface area contributed by atoms with Crippen molar-refractivity contribution in [3.63, 3.8) is 0 Å². The highest BCUT2D eigenvalue weighted by Gasteiger charge is 2.01. The van der Waals surface area contributed by atoms with Gasteiger partial charge in [-0.25, -0.2) is 0 Å². The van der Waals surface area contributed by atoms with Crippen molar-refractivity contribution in [3.05, 3.63) is 23.8 Å². The molecule has 1 aromatic rings. The van der Waals surface area contributed by atoms with Crippen molar-refractivity contribution in [2.45, 2.75) is 6.61 Å². The van der Waals surface area contributed by atoms with E-state index in [-0.39, 0.29) is 24.6 Å². The second-order valence-electron chi connectivity index (χ2n) is 2.22. The Balaban J connectivity index is 2.82. The standard InChI is InChI=1S/C8H8O4/c9-5-12-4-6-3-7(10)1-2-8(6)11/h1-3,5,10-11H,4H2. The molecule has 0 amide bonds. The molecule has 4 nitrogen and oxygen atoms in total. The number of hydrogen-bond acceptors (Lipinski definition) is 4. The van der Waals surface area contributed by atoms with Gasteiger partial charge in [0.15, 0.2) is 0 Å². The van der Waals surface area contributed by atoms with Crippen LogP contribution in [0.25, 0.3) is 0 Å². The van der Waals surface area contributed by atoms with E-state index in [1.54, 1.807) is 0 Å². The van der Waals surface area contributed by atoms with Gasteiger partial charge in [-0.1, -0.05) is 0 Å². The van der Waals surface area contributed by atoms with Gasteiger partial charge in [-0.15, -0.1) is 0 Å². The van der Waals surface area contributed by atoms with E-state index < -0.39 is 0 Å². The lowest BCUT2D eigenvalue weighted by Gasteiger charge is -2.02. The van der Waals surface area contributed by atoms with E-state index in [0.29, 0.717) is 5.56 Å². The summed E-state index contributed by atoms with van der Waals surface area (Å²) >= 11 is 0. The lowest BCUT2D eigenvalue weighted by molar-refractivity contribution is -0.129. The molecule has 0 bridgehead atoms. The zero-order valence-corrected chi connectivity index (χ0v) is 6.23. The molecule has 2 N–H and O–H groups in total. The fourth-order valence-corrected chi connectivity index (χ4v) is 0.811. The molecule has 0 unspecified atom stereocenters. The number of rotatable bonds is 3. The Kier molecular flexibility index (Phi) is 2.53. The predicted octanol–water partition coefficient (Wildman–Crippen LogP) is 0.771. The zero-order chi connectivity index (χ0) is 8.97. The summed E-state index contributed by atoms with van der Waals surface area (Å²) in [6.45, 7) is 0.243. The number of phenolic OH excluding ortho intramolecular Hbond substituents is 2. The highest BCUT2D eigenvalue weighted by Crippen LogP contribution is 2.22.